The fourth-order valence-electron chi connectivity index (χ4n) is 1.66. The van der Waals surface area contributed by atoms with Crippen LogP contribution >= 0.6 is 24.0 Å². The summed E-state index contributed by atoms with van der Waals surface area (Å²) in [5.74, 6) is 0.827. The Hall–Kier alpha value is -0.880. The van der Waals surface area contributed by atoms with Crippen molar-refractivity contribution < 1.29 is 13.0 Å². The first-order valence-corrected chi connectivity index (χ1v) is 8.34. The van der Waals surface area contributed by atoms with Crippen LogP contribution in [-0.4, -0.2) is 23.8 Å². The highest BCUT2D eigenvalue weighted by atomic mass is 35.5. The molecule has 21 heavy (non-hydrogen) atoms. The van der Waals surface area contributed by atoms with Crippen molar-refractivity contribution in [2.75, 3.05) is 5.88 Å². The second kappa shape index (κ2) is 9.95. The third-order valence-electron chi connectivity index (χ3n) is 2.66. The fraction of sp³-hybridized carbons (Fsp3) is 0.357. The molecule has 0 unspecified atom stereocenters. The second-order valence-corrected chi connectivity index (χ2v) is 5.99. The predicted octanol–water partition coefficient (Wildman–Crippen LogP) is 4.32. The molecule has 0 bridgehead atoms. The van der Waals surface area contributed by atoms with Crippen molar-refractivity contribution >= 4 is 44.9 Å². The van der Waals surface area contributed by atoms with Crippen LogP contribution in [-0.2, 0) is 10.1 Å². The van der Waals surface area contributed by atoms with Gasteiger partial charge in [-0.15, -0.1) is 24.0 Å². The number of aromatic nitrogens is 1. The van der Waals surface area contributed by atoms with Gasteiger partial charge in [0.05, 0.1) is 0 Å². The quantitative estimate of drug-likeness (QED) is 0.506. The number of nitrogens with zero attached hydrogens (tertiary/aromatic N) is 1. The Balaban J connectivity index is 0.000000495. The van der Waals surface area contributed by atoms with Gasteiger partial charge in [0, 0.05) is 29.0 Å². The van der Waals surface area contributed by atoms with Gasteiger partial charge in [-0.2, -0.15) is 8.42 Å². The smallest absolute Gasteiger partial charge is 0.282 e. The number of hydrogen-bond donors (Lipinski definition) is 1. The van der Waals surface area contributed by atoms with Crippen LogP contribution in [0, 0.1) is 0 Å². The Kier molecular flexibility index (Phi) is 9.53. The molecule has 0 aliphatic heterocycles. The Morgan fingerprint density at radius 2 is 1.95 bits per heavy atom. The summed E-state index contributed by atoms with van der Waals surface area (Å²) in [7, 11) is -4.16. The lowest BCUT2D eigenvalue weighted by Crippen LogP contribution is -1.98. The summed E-state index contributed by atoms with van der Waals surface area (Å²) >= 11 is 5.38. The number of rotatable bonds is 4. The molecule has 7 heteroatoms. The van der Waals surface area contributed by atoms with Gasteiger partial charge in [-0.05, 0) is 18.6 Å². The molecule has 0 spiro atoms. The number of unbranched alkanes of at least 4 members (excludes halogenated alkanes) is 2. The molecule has 0 aliphatic carbocycles. The van der Waals surface area contributed by atoms with Crippen LogP contribution in [0.25, 0.3) is 10.8 Å². The van der Waals surface area contributed by atoms with E-state index in [0.717, 1.165) is 5.88 Å². The summed E-state index contributed by atoms with van der Waals surface area (Å²) in [6.07, 6.45) is 6.76. The summed E-state index contributed by atoms with van der Waals surface area (Å²) in [4.78, 5) is 3.77. The summed E-state index contributed by atoms with van der Waals surface area (Å²) in [5.41, 5.74) is 0. The standard InChI is InChI=1S/C9H7NO3S.C5H11Cl.ClH/c11-14(12,13)9-3-1-2-7-6-10-5-4-8(7)9;1-2-3-4-5-6;/h1-6H,(H,11,12,13);2-5H2,1H3;1H. The van der Waals surface area contributed by atoms with Crippen LogP contribution in [0.1, 0.15) is 26.2 Å². The molecule has 1 heterocycles. The minimum atomic E-state index is -4.16. The highest BCUT2D eigenvalue weighted by Crippen LogP contribution is 2.21. The van der Waals surface area contributed by atoms with Crippen LogP contribution in [0.15, 0.2) is 41.6 Å². The molecule has 4 nitrogen and oxygen atoms in total. The predicted molar refractivity (Wildman–Crippen MR) is 89.1 cm³/mol. The lowest BCUT2D eigenvalue weighted by atomic mass is 10.2. The molecule has 2 rings (SSSR count). The average molecular weight is 352 g/mol. The topological polar surface area (TPSA) is 67.3 Å². The van der Waals surface area contributed by atoms with E-state index in [-0.39, 0.29) is 17.3 Å². The van der Waals surface area contributed by atoms with E-state index in [1.807, 2.05) is 0 Å². The van der Waals surface area contributed by atoms with Crippen molar-refractivity contribution in [3.05, 3.63) is 36.7 Å². The maximum Gasteiger partial charge on any atom is 0.295 e. The molecule has 1 aromatic heterocycles. The molecular weight excluding hydrogens is 333 g/mol. The highest BCUT2D eigenvalue weighted by Gasteiger charge is 2.12. The van der Waals surface area contributed by atoms with E-state index in [1.165, 1.54) is 31.5 Å². The van der Waals surface area contributed by atoms with Gasteiger partial charge in [-0.1, -0.05) is 31.9 Å². The largest absolute Gasteiger partial charge is 0.295 e. The number of halogens is 2. The molecule has 0 radical (unpaired) electrons. The molecule has 118 valence electrons. The van der Waals surface area contributed by atoms with Crippen LogP contribution in [0.2, 0.25) is 0 Å². The third-order valence-corrected chi connectivity index (χ3v) is 3.83. The third kappa shape index (κ3) is 6.61. The van der Waals surface area contributed by atoms with Gasteiger partial charge in [-0.25, -0.2) is 0 Å². The Morgan fingerprint density at radius 3 is 2.48 bits per heavy atom. The lowest BCUT2D eigenvalue weighted by molar-refractivity contribution is 0.484. The molecule has 1 aromatic carbocycles. The number of benzene rings is 1. The Bertz CT molecular complexity index is 638. The normalized spacial score (nSPS) is 10.4. The highest BCUT2D eigenvalue weighted by molar-refractivity contribution is 7.86. The Morgan fingerprint density at radius 1 is 1.24 bits per heavy atom. The molecule has 0 saturated heterocycles. The van der Waals surface area contributed by atoms with E-state index >= 15 is 0 Å². The number of hydrogen-bond acceptors (Lipinski definition) is 3. The first-order valence-electron chi connectivity index (χ1n) is 6.37. The molecule has 1 N–H and O–H groups in total. The molecule has 2 aromatic rings. The van der Waals surface area contributed by atoms with Crippen molar-refractivity contribution in [3.8, 4) is 0 Å². The van der Waals surface area contributed by atoms with Gasteiger partial charge in [0.15, 0.2) is 0 Å². The van der Waals surface area contributed by atoms with E-state index in [0.29, 0.717) is 10.8 Å². The summed E-state index contributed by atoms with van der Waals surface area (Å²) < 4.78 is 30.9. The maximum atomic E-state index is 11.0. The van der Waals surface area contributed by atoms with Gasteiger partial charge in [0.2, 0.25) is 0 Å². The van der Waals surface area contributed by atoms with Crippen molar-refractivity contribution in [3.63, 3.8) is 0 Å². The van der Waals surface area contributed by atoms with Crippen LogP contribution in [0.4, 0.5) is 0 Å². The monoisotopic (exact) mass is 351 g/mol. The van der Waals surface area contributed by atoms with E-state index in [4.69, 9.17) is 16.2 Å². The zero-order valence-corrected chi connectivity index (χ0v) is 14.1. The van der Waals surface area contributed by atoms with E-state index in [2.05, 4.69) is 11.9 Å². The van der Waals surface area contributed by atoms with E-state index < -0.39 is 10.1 Å². The van der Waals surface area contributed by atoms with Crippen LogP contribution in [0.3, 0.4) is 0 Å². The summed E-state index contributed by atoms with van der Waals surface area (Å²) in [6.45, 7) is 2.17. The van der Waals surface area contributed by atoms with Crippen molar-refractivity contribution in [2.24, 2.45) is 0 Å². The number of alkyl halides is 1. The molecule has 0 aliphatic rings. The molecular formula is C14H19Cl2NO3S. The molecule has 0 fully saturated rings. The number of pyridine rings is 1. The molecule has 0 atom stereocenters. The van der Waals surface area contributed by atoms with Gasteiger partial charge < -0.3 is 0 Å². The van der Waals surface area contributed by atoms with Crippen LogP contribution in [0.5, 0.6) is 0 Å². The van der Waals surface area contributed by atoms with Crippen molar-refractivity contribution in [2.45, 2.75) is 31.1 Å². The molecule has 0 amide bonds. The lowest BCUT2D eigenvalue weighted by Gasteiger charge is -2.01. The first kappa shape index (κ1) is 20.1. The van der Waals surface area contributed by atoms with Gasteiger partial charge in [0.1, 0.15) is 4.90 Å². The minimum absolute atomic E-state index is 0. The van der Waals surface area contributed by atoms with Gasteiger partial charge in [-0.3, -0.25) is 9.54 Å². The van der Waals surface area contributed by atoms with Gasteiger partial charge in [0.25, 0.3) is 10.1 Å². The average Bonchev–Trinajstić information content (AvgIpc) is 2.44. The minimum Gasteiger partial charge on any atom is -0.282 e. The first-order chi connectivity index (χ1) is 9.50. The zero-order valence-electron chi connectivity index (χ0n) is 11.7. The fourth-order valence-corrected chi connectivity index (χ4v) is 2.57. The van der Waals surface area contributed by atoms with Crippen LogP contribution < -0.4 is 0 Å². The number of fused-ring (bicyclic) bond motifs is 1. The van der Waals surface area contributed by atoms with E-state index in [1.54, 1.807) is 24.4 Å². The summed E-state index contributed by atoms with van der Waals surface area (Å²) in [6, 6.07) is 6.21. The van der Waals surface area contributed by atoms with Crippen molar-refractivity contribution in [1.29, 1.82) is 0 Å². The maximum absolute atomic E-state index is 11.0. The van der Waals surface area contributed by atoms with E-state index in [9.17, 15) is 8.42 Å². The zero-order chi connectivity index (χ0) is 15.0. The summed E-state index contributed by atoms with van der Waals surface area (Å²) in [5, 5.41) is 1.16. The Labute approximate surface area is 136 Å². The van der Waals surface area contributed by atoms with Gasteiger partial charge >= 0.3 is 0 Å². The SMILES string of the molecule is CCCCCCl.Cl.O=S(=O)(O)c1cccc2cnccc12. The van der Waals surface area contributed by atoms with Crippen molar-refractivity contribution in [1.82, 2.24) is 4.98 Å². The molecule has 0 saturated carbocycles. The second-order valence-electron chi connectivity index (χ2n) is 4.22.